The number of carbonyl (C=O) groups excluding carboxylic acids is 3. The quantitative estimate of drug-likeness (QED) is 0.423. The average molecular weight is 473 g/mol. The van der Waals surface area contributed by atoms with Crippen molar-refractivity contribution in [2.24, 2.45) is 11.8 Å². The van der Waals surface area contributed by atoms with Crippen LogP contribution in [0.5, 0.6) is 0 Å². The zero-order valence-corrected chi connectivity index (χ0v) is 20.6. The van der Waals surface area contributed by atoms with Crippen LogP contribution in [0.15, 0.2) is 18.2 Å². The average Bonchev–Trinajstić information content (AvgIpc) is 3.35. The Bertz CT molecular complexity index is 960. The first-order valence-electron chi connectivity index (χ1n) is 12.4. The summed E-state index contributed by atoms with van der Waals surface area (Å²) in [6.07, 6.45) is 3.15. The Hall–Kier alpha value is -2.45. The second-order valence-electron chi connectivity index (χ2n) is 10.1. The lowest BCUT2D eigenvalue weighted by atomic mass is 9.66. The number of aliphatic hydroxyl groups excluding tert-OH is 1. The lowest BCUT2D eigenvalue weighted by Crippen LogP contribution is -2.53. The van der Waals surface area contributed by atoms with E-state index in [9.17, 15) is 14.4 Å². The maximum absolute atomic E-state index is 13.9. The summed E-state index contributed by atoms with van der Waals surface area (Å²) in [4.78, 5) is 42.3. The van der Waals surface area contributed by atoms with E-state index < -0.39 is 35.0 Å². The van der Waals surface area contributed by atoms with Crippen LogP contribution in [0.4, 0.5) is 5.69 Å². The number of aryl methyl sites for hydroxylation is 2. The molecule has 8 nitrogen and oxygen atoms in total. The maximum Gasteiger partial charge on any atom is 0.312 e. The molecule has 3 fully saturated rings. The van der Waals surface area contributed by atoms with E-state index in [-0.39, 0.29) is 25.0 Å². The van der Waals surface area contributed by atoms with Crippen molar-refractivity contribution in [2.75, 3.05) is 25.1 Å². The van der Waals surface area contributed by atoms with E-state index in [1.165, 1.54) is 0 Å². The smallest absolute Gasteiger partial charge is 0.312 e. The van der Waals surface area contributed by atoms with Gasteiger partial charge in [0.05, 0.1) is 18.1 Å². The molecule has 0 saturated carbocycles. The molecule has 3 aliphatic rings. The number of anilines is 1. The van der Waals surface area contributed by atoms with Gasteiger partial charge in [-0.15, -0.1) is 0 Å². The summed E-state index contributed by atoms with van der Waals surface area (Å²) >= 11 is 0. The van der Waals surface area contributed by atoms with Gasteiger partial charge in [0.1, 0.15) is 17.6 Å². The third-order valence-corrected chi connectivity index (χ3v) is 7.85. The largest absolute Gasteiger partial charge is 0.466 e. The van der Waals surface area contributed by atoms with Crippen molar-refractivity contribution in [3.63, 3.8) is 0 Å². The minimum Gasteiger partial charge on any atom is -0.466 e. The highest BCUT2D eigenvalue weighted by Crippen LogP contribution is 2.63. The highest BCUT2D eigenvalue weighted by Gasteiger charge is 2.78. The van der Waals surface area contributed by atoms with E-state index in [0.29, 0.717) is 32.2 Å². The van der Waals surface area contributed by atoms with Gasteiger partial charge in [0.25, 0.3) is 0 Å². The number of hydrogen-bond acceptors (Lipinski definition) is 6. The van der Waals surface area contributed by atoms with Crippen molar-refractivity contribution in [2.45, 2.75) is 77.0 Å². The fourth-order valence-electron chi connectivity index (χ4n) is 6.33. The number of unbranched alkanes of at least 4 members (excludes halogenated alkanes) is 2. The van der Waals surface area contributed by atoms with Gasteiger partial charge >= 0.3 is 5.97 Å². The van der Waals surface area contributed by atoms with Crippen LogP contribution in [-0.2, 0) is 23.9 Å². The zero-order valence-electron chi connectivity index (χ0n) is 20.6. The Labute approximate surface area is 201 Å². The van der Waals surface area contributed by atoms with E-state index in [2.05, 4.69) is 5.32 Å². The van der Waals surface area contributed by atoms with Crippen LogP contribution < -0.4 is 5.32 Å². The van der Waals surface area contributed by atoms with Gasteiger partial charge in [0.2, 0.25) is 11.8 Å². The Morgan fingerprint density at radius 1 is 1.21 bits per heavy atom. The normalized spacial score (nSPS) is 31.6. The lowest BCUT2D eigenvalue weighted by molar-refractivity contribution is -0.158. The molecule has 186 valence electrons. The monoisotopic (exact) mass is 472 g/mol. The molecule has 8 heteroatoms. The topological polar surface area (TPSA) is 105 Å². The molecule has 1 aromatic rings. The summed E-state index contributed by atoms with van der Waals surface area (Å²) in [6, 6.07) is 4.98. The SMILES string of the molecule is CCOC(=O)[C@@H]1[C@H]2C(=O)N(CCCCCO)C(C(=O)Nc3c(C)cccc3C)C23CC[C@@]1(C)O3. The molecule has 3 aliphatic heterocycles. The first kappa shape index (κ1) is 24.7. The van der Waals surface area contributed by atoms with Crippen molar-refractivity contribution in [1.82, 2.24) is 4.90 Å². The summed E-state index contributed by atoms with van der Waals surface area (Å²) < 4.78 is 11.9. The Morgan fingerprint density at radius 2 is 1.91 bits per heavy atom. The van der Waals surface area contributed by atoms with Gasteiger partial charge in [0.15, 0.2) is 0 Å². The number of para-hydroxylation sites is 1. The third kappa shape index (κ3) is 3.81. The molecule has 34 heavy (non-hydrogen) atoms. The van der Waals surface area contributed by atoms with E-state index in [1.807, 2.05) is 39.0 Å². The molecular formula is C26H36N2O6. The Morgan fingerprint density at radius 3 is 2.56 bits per heavy atom. The number of esters is 1. The van der Waals surface area contributed by atoms with Crippen molar-refractivity contribution in [3.05, 3.63) is 29.3 Å². The number of rotatable bonds is 9. The zero-order chi connectivity index (χ0) is 24.7. The lowest BCUT2D eigenvalue weighted by Gasteiger charge is -2.33. The number of ether oxygens (including phenoxy) is 2. The molecule has 1 spiro atoms. The van der Waals surface area contributed by atoms with E-state index >= 15 is 0 Å². The fraction of sp³-hybridized carbons (Fsp3) is 0.654. The third-order valence-electron chi connectivity index (χ3n) is 7.85. The number of fused-ring (bicyclic) bond motifs is 1. The number of carbonyl (C=O) groups is 3. The van der Waals surface area contributed by atoms with Crippen LogP contribution >= 0.6 is 0 Å². The maximum atomic E-state index is 13.9. The minimum absolute atomic E-state index is 0.0867. The van der Waals surface area contributed by atoms with Gasteiger partial charge in [-0.1, -0.05) is 18.2 Å². The predicted octanol–water partition coefficient (Wildman–Crippen LogP) is 2.73. The van der Waals surface area contributed by atoms with Crippen molar-refractivity contribution in [3.8, 4) is 0 Å². The van der Waals surface area contributed by atoms with Gasteiger partial charge in [-0.2, -0.15) is 0 Å². The summed E-state index contributed by atoms with van der Waals surface area (Å²) in [7, 11) is 0. The van der Waals surface area contributed by atoms with Gasteiger partial charge in [-0.25, -0.2) is 0 Å². The Kier molecular flexibility index (Phi) is 6.75. The number of aliphatic hydroxyl groups is 1. The van der Waals surface area contributed by atoms with Crippen LogP contribution in [0.25, 0.3) is 0 Å². The molecule has 5 atom stereocenters. The van der Waals surface area contributed by atoms with E-state index in [4.69, 9.17) is 14.6 Å². The number of nitrogens with one attached hydrogen (secondary N) is 1. The molecule has 3 saturated heterocycles. The second-order valence-corrected chi connectivity index (χ2v) is 10.1. The number of likely N-dealkylation sites (tertiary alicyclic amines) is 1. The summed E-state index contributed by atoms with van der Waals surface area (Å²) in [5.74, 6) is -2.40. The highest BCUT2D eigenvalue weighted by atomic mass is 16.6. The predicted molar refractivity (Wildman–Crippen MR) is 126 cm³/mol. The number of hydrogen-bond donors (Lipinski definition) is 2. The first-order chi connectivity index (χ1) is 16.2. The molecule has 3 heterocycles. The second kappa shape index (κ2) is 9.30. The standard InChI is InChI=1S/C26H36N2O6/c1-5-33-24(32)19-18-23(31)28(14-7-6-8-15-29)21(26(18)13-12-25(19,4)34-26)22(30)27-20-16(2)10-9-11-17(20)3/h9-11,18-19,21,29H,5-8,12-15H2,1-4H3,(H,27,30)/t18-,19-,21?,25+,26?/m0/s1. The number of amides is 2. The molecule has 2 amide bonds. The van der Waals surface area contributed by atoms with E-state index in [0.717, 1.165) is 23.2 Å². The van der Waals surface area contributed by atoms with Crippen molar-refractivity contribution < 1.29 is 29.0 Å². The highest BCUT2D eigenvalue weighted by molar-refractivity contribution is 6.04. The van der Waals surface area contributed by atoms with Crippen LogP contribution in [0.1, 0.15) is 57.1 Å². The molecule has 1 aromatic carbocycles. The molecule has 0 radical (unpaired) electrons. The first-order valence-corrected chi connectivity index (χ1v) is 12.4. The van der Waals surface area contributed by atoms with Crippen LogP contribution in [0, 0.1) is 25.7 Å². The summed E-state index contributed by atoms with van der Waals surface area (Å²) in [6.45, 7) is 8.16. The van der Waals surface area contributed by atoms with Crippen molar-refractivity contribution in [1.29, 1.82) is 0 Å². The molecular weight excluding hydrogens is 436 g/mol. The molecule has 2 N–H and O–H groups in total. The molecule has 2 unspecified atom stereocenters. The summed E-state index contributed by atoms with van der Waals surface area (Å²) in [5.41, 5.74) is 0.734. The number of nitrogens with zero attached hydrogens (tertiary/aromatic N) is 1. The van der Waals surface area contributed by atoms with Gasteiger partial charge in [-0.3, -0.25) is 14.4 Å². The van der Waals surface area contributed by atoms with Crippen molar-refractivity contribution >= 4 is 23.5 Å². The van der Waals surface area contributed by atoms with Crippen LogP contribution in [-0.4, -0.2) is 64.8 Å². The fourth-order valence-corrected chi connectivity index (χ4v) is 6.33. The molecule has 4 rings (SSSR count). The number of benzene rings is 1. The van der Waals surface area contributed by atoms with Crippen LogP contribution in [0.2, 0.25) is 0 Å². The van der Waals surface area contributed by atoms with Crippen LogP contribution in [0.3, 0.4) is 0 Å². The Balaban J connectivity index is 1.70. The summed E-state index contributed by atoms with van der Waals surface area (Å²) in [5, 5.41) is 12.2. The van der Waals surface area contributed by atoms with Gasteiger partial charge < -0.3 is 24.8 Å². The minimum atomic E-state index is -1.05. The van der Waals surface area contributed by atoms with Gasteiger partial charge in [0, 0.05) is 18.8 Å². The van der Waals surface area contributed by atoms with E-state index in [1.54, 1.807) is 11.8 Å². The molecule has 0 aliphatic carbocycles. The van der Waals surface area contributed by atoms with Gasteiger partial charge in [-0.05, 0) is 70.9 Å². The molecule has 2 bridgehead atoms. The molecule has 0 aromatic heterocycles.